The molecule has 0 bridgehead atoms. The van der Waals surface area contributed by atoms with Crippen molar-refractivity contribution >= 4 is 92.5 Å². The molecular formula is C64H80N13O15PS2. The molecule has 3 aromatic carbocycles. The molecule has 3 saturated heterocycles. The predicted molar refractivity (Wildman–Crippen MR) is 348 cm³/mol. The van der Waals surface area contributed by atoms with Gasteiger partial charge in [0.2, 0.25) is 41.4 Å². The van der Waals surface area contributed by atoms with E-state index in [1.807, 2.05) is 58.9 Å². The van der Waals surface area contributed by atoms with E-state index in [4.69, 9.17) is 5.73 Å². The van der Waals surface area contributed by atoms with Crippen molar-refractivity contribution < 1.29 is 71.0 Å². The number of rotatable bonds is 25. The van der Waals surface area contributed by atoms with Gasteiger partial charge >= 0.3 is 7.60 Å². The van der Waals surface area contributed by atoms with Gasteiger partial charge in [-0.05, 0) is 117 Å². The fourth-order valence-electron chi connectivity index (χ4n) is 12.4. The SMILES string of the molecule is CCS(=O)(=O)c1ccc(CNC(=O)[C@H](CCC(N)=O)NC(=O)[C@@H]2CC[C@@H]3CCN(C(=O)CCCCc4cn([C@H](C(=O)N5C[C@H](O)C[C@H]5C(=O)N[C@@H](C)c5ccc(-c6scnc6C)cc5)C(C)(C)C)nn4)C[C@H](NC(=O)c4cc5cc(C(=O)P(=O)(O)O)ccc5[nH]4)C(=O)N32)cc1. The molecule has 3 aliphatic heterocycles. The standard InChI is InChI=1S/C64H80N13O15PS2/c1-7-95(91,92)46-20-12-38(13-21-46)31-66-57(81)48(23-25-53(65)79)70-59(83)51-24-19-44-26-27-74(34-50(61(85)77(44)51)71-58(82)49-29-42-28-41(18-22-47(42)69-49)63(87)93(88,89)90)54(80)11-9-8-10-43-32-76(73-72-43)56(64(4,5)6)62(86)75-33-45(78)30-52(75)60(84)68-36(2)39-14-16-40(17-15-39)55-37(3)67-35-94-55/h12-18,20-22,28-29,32,35-36,44-45,48,50-52,56,69,78H,7-11,19,23-27,30-31,33-34H2,1-6H3,(H2,65,79)(H,66,81)(H,68,84)(H,70,83)(H,71,82)(H2,88,89,90)/t36-,44+,45+,48-,50-,51-,52-,56+/m0/s1. The quantitative estimate of drug-likeness (QED) is 0.0290. The molecule has 28 nitrogen and oxygen atoms in total. The number of primary amides is 1. The van der Waals surface area contributed by atoms with E-state index < -0.39 is 118 Å². The molecule has 6 heterocycles. The Bertz CT molecular complexity index is 4050. The van der Waals surface area contributed by atoms with Crippen LogP contribution in [0, 0.1) is 12.3 Å². The van der Waals surface area contributed by atoms with E-state index >= 15 is 4.79 Å². The minimum atomic E-state index is -5.16. The number of aryl methyl sites for hydroxylation is 2. The van der Waals surface area contributed by atoms with Gasteiger partial charge < -0.3 is 61.6 Å². The first-order valence-corrected chi connectivity index (χ1v) is 35.6. The molecule has 508 valence electrons. The van der Waals surface area contributed by atoms with Crippen LogP contribution in [0.4, 0.5) is 0 Å². The number of aromatic amines is 1. The Hall–Kier alpha value is -8.54. The Morgan fingerprint density at radius 1 is 0.895 bits per heavy atom. The number of hydrogen-bond acceptors (Lipinski definition) is 17. The Labute approximate surface area is 552 Å². The van der Waals surface area contributed by atoms with Crippen LogP contribution in [0.15, 0.2) is 89.4 Å². The van der Waals surface area contributed by atoms with Crippen molar-refractivity contribution in [2.45, 2.75) is 166 Å². The summed E-state index contributed by atoms with van der Waals surface area (Å²) in [6.07, 6.45) is 2.00. The molecule has 0 radical (unpaired) electrons. The minimum Gasteiger partial charge on any atom is -0.391 e. The van der Waals surface area contributed by atoms with E-state index in [1.54, 1.807) is 23.0 Å². The number of H-pyrrole nitrogens is 1. The highest BCUT2D eigenvalue weighted by atomic mass is 32.2. The number of aromatic nitrogens is 5. The third kappa shape index (κ3) is 16.9. The Morgan fingerprint density at radius 2 is 1.61 bits per heavy atom. The fraction of sp³-hybridized carbons (Fsp3) is 0.469. The molecule has 95 heavy (non-hydrogen) atoms. The summed E-state index contributed by atoms with van der Waals surface area (Å²) in [5.41, 5.74) is 8.82. The van der Waals surface area contributed by atoms with Crippen LogP contribution in [0.3, 0.4) is 0 Å². The van der Waals surface area contributed by atoms with Crippen LogP contribution in [0.5, 0.6) is 0 Å². The molecule has 31 heteroatoms. The third-order valence-electron chi connectivity index (χ3n) is 17.6. The second kappa shape index (κ2) is 29.6. The first-order valence-electron chi connectivity index (χ1n) is 31.4. The lowest BCUT2D eigenvalue weighted by Crippen LogP contribution is -2.62. The molecule has 0 saturated carbocycles. The lowest BCUT2D eigenvalue weighted by atomic mass is 9.85. The number of nitrogens with zero attached hydrogens (tertiary/aromatic N) is 7. The topological polar surface area (TPSA) is 409 Å². The van der Waals surface area contributed by atoms with Gasteiger partial charge in [0.15, 0.2) is 9.84 Å². The van der Waals surface area contributed by atoms with Gasteiger partial charge in [0.1, 0.15) is 35.9 Å². The number of nitrogens with one attached hydrogen (secondary N) is 5. The number of unbranched alkanes of at least 4 members (excludes halogenated alkanes) is 1. The number of β-amino-alcohol motifs (C(OH)–C–C–N with tert-alkyl or cyclic N) is 1. The highest BCUT2D eigenvalue weighted by molar-refractivity contribution is 7.91. The molecular weight excluding hydrogens is 1290 g/mol. The summed E-state index contributed by atoms with van der Waals surface area (Å²) in [6, 6.07) is 11.9. The molecule has 9 rings (SSSR count). The number of sulfone groups is 1. The maximum absolute atomic E-state index is 15.1. The van der Waals surface area contributed by atoms with Crippen molar-refractivity contribution in [1.82, 2.24) is 60.9 Å². The molecule has 3 aromatic heterocycles. The molecule has 10 N–H and O–H groups in total. The maximum atomic E-state index is 15.1. The fourth-order valence-corrected chi connectivity index (χ4v) is 14.6. The number of hydrogen-bond donors (Lipinski definition) is 9. The van der Waals surface area contributed by atoms with E-state index in [0.29, 0.717) is 36.0 Å². The summed E-state index contributed by atoms with van der Waals surface area (Å²) in [7, 11) is -8.65. The highest BCUT2D eigenvalue weighted by Crippen LogP contribution is 2.40. The number of carbonyl (C=O) groups excluding carboxylic acids is 9. The first-order chi connectivity index (χ1) is 44.9. The lowest BCUT2D eigenvalue weighted by Gasteiger charge is -2.39. The van der Waals surface area contributed by atoms with Crippen molar-refractivity contribution in [3.8, 4) is 10.4 Å². The van der Waals surface area contributed by atoms with Gasteiger partial charge in [-0.3, -0.25) is 47.7 Å². The summed E-state index contributed by atoms with van der Waals surface area (Å²) in [6.45, 7) is 10.5. The number of carbonyl (C=O) groups is 9. The molecule has 8 amide bonds. The van der Waals surface area contributed by atoms with Gasteiger partial charge in [-0.1, -0.05) is 69.3 Å². The summed E-state index contributed by atoms with van der Waals surface area (Å²) in [4.78, 5) is 157. The van der Waals surface area contributed by atoms with Crippen LogP contribution >= 0.6 is 18.9 Å². The number of aliphatic hydroxyl groups excluding tert-OH is 1. The van der Waals surface area contributed by atoms with Crippen LogP contribution in [0.1, 0.15) is 148 Å². The second-order valence-electron chi connectivity index (χ2n) is 25.5. The average Bonchev–Trinajstić information content (AvgIpc) is 1.70. The number of benzene rings is 3. The zero-order valence-corrected chi connectivity index (χ0v) is 56.0. The number of fused-ring (bicyclic) bond motifs is 2. The molecule has 0 spiro atoms. The number of aliphatic hydroxyl groups is 1. The summed E-state index contributed by atoms with van der Waals surface area (Å²) >= 11 is 1.54. The van der Waals surface area contributed by atoms with Crippen LogP contribution in [0.25, 0.3) is 21.3 Å². The molecule has 6 aromatic rings. The highest BCUT2D eigenvalue weighted by Gasteiger charge is 2.48. The maximum Gasteiger partial charge on any atom is 0.396 e. The van der Waals surface area contributed by atoms with Crippen LogP contribution < -0.4 is 27.0 Å². The lowest BCUT2D eigenvalue weighted by molar-refractivity contribution is -0.145. The van der Waals surface area contributed by atoms with Gasteiger partial charge in [0, 0.05) is 74.1 Å². The zero-order valence-electron chi connectivity index (χ0n) is 53.5. The second-order valence-corrected chi connectivity index (χ2v) is 30.1. The Morgan fingerprint density at radius 3 is 2.27 bits per heavy atom. The van der Waals surface area contributed by atoms with E-state index in [2.05, 4.69) is 41.5 Å². The van der Waals surface area contributed by atoms with Gasteiger partial charge in [-0.25, -0.2) is 18.1 Å². The largest absolute Gasteiger partial charge is 0.396 e. The first kappa shape index (κ1) is 70.8. The number of thiazole rings is 1. The summed E-state index contributed by atoms with van der Waals surface area (Å²) < 4.78 is 38.0. The van der Waals surface area contributed by atoms with Gasteiger partial charge in [0.05, 0.1) is 44.6 Å². The Balaban J connectivity index is 0.861. The summed E-state index contributed by atoms with van der Waals surface area (Å²) in [5.74, 6) is -5.01. The molecule has 0 aliphatic carbocycles. The minimum absolute atomic E-state index is 0.00124. The smallest absolute Gasteiger partial charge is 0.391 e. The van der Waals surface area contributed by atoms with Crippen molar-refractivity contribution in [1.29, 1.82) is 0 Å². The van der Waals surface area contributed by atoms with Crippen LogP contribution in [-0.4, -0.2) is 177 Å². The van der Waals surface area contributed by atoms with E-state index in [0.717, 1.165) is 21.7 Å². The van der Waals surface area contributed by atoms with Crippen molar-refractivity contribution in [2.24, 2.45) is 11.1 Å². The molecule has 8 atom stereocenters. The van der Waals surface area contributed by atoms with Gasteiger partial charge in [-0.15, -0.1) is 16.4 Å². The molecule has 3 fully saturated rings. The van der Waals surface area contributed by atoms with Crippen molar-refractivity contribution in [3.63, 3.8) is 0 Å². The van der Waals surface area contributed by atoms with Crippen molar-refractivity contribution in [2.75, 3.05) is 25.4 Å². The molecule has 3 aliphatic rings. The number of amides is 8. The van der Waals surface area contributed by atoms with Gasteiger partial charge in [-0.2, -0.15) is 0 Å². The predicted octanol–water partition coefficient (Wildman–Crippen LogP) is 3.90. The number of likely N-dealkylation sites (tertiary alicyclic amines) is 1. The van der Waals surface area contributed by atoms with Crippen molar-refractivity contribution in [3.05, 3.63) is 118 Å². The summed E-state index contributed by atoms with van der Waals surface area (Å²) in [5, 5.41) is 31.1. The Kier molecular flexibility index (Phi) is 22.1. The van der Waals surface area contributed by atoms with Crippen LogP contribution in [-0.2, 0) is 60.9 Å². The average molecular weight is 1370 g/mol. The number of nitrogens with two attached hydrogens (primary N) is 1. The van der Waals surface area contributed by atoms with E-state index in [9.17, 15) is 66.2 Å². The zero-order chi connectivity index (χ0) is 68.8. The third-order valence-corrected chi connectivity index (χ3v) is 21.1. The van der Waals surface area contributed by atoms with Crippen LogP contribution in [0.2, 0.25) is 0 Å². The van der Waals surface area contributed by atoms with E-state index in [-0.39, 0.29) is 104 Å². The monoisotopic (exact) mass is 1370 g/mol. The normalized spacial score (nSPS) is 19.5. The van der Waals surface area contributed by atoms with E-state index in [1.165, 1.54) is 74.8 Å². The molecule has 0 unspecified atom stereocenters. The van der Waals surface area contributed by atoms with Gasteiger partial charge in [0.25, 0.3) is 11.4 Å².